The molecule has 0 amide bonds. The third-order valence-electron chi connectivity index (χ3n) is 5.30. The Morgan fingerprint density at radius 3 is 2.89 bits per heavy atom. The number of hydrogen-bond acceptors (Lipinski definition) is 3. The van der Waals surface area contributed by atoms with Crippen LogP contribution in [0.15, 0.2) is 11.4 Å². The predicted molar refractivity (Wildman–Crippen MR) is 80.8 cm³/mol. The Bertz CT molecular complexity index is 442. The third-order valence-corrected chi connectivity index (χ3v) is 6.29. The zero-order valence-electron chi connectivity index (χ0n) is 11.7. The summed E-state index contributed by atoms with van der Waals surface area (Å²) in [6.45, 7) is 5.32. The molecule has 0 saturated carbocycles. The highest BCUT2D eigenvalue weighted by Gasteiger charge is 2.33. The lowest BCUT2D eigenvalue weighted by Crippen LogP contribution is -2.39. The molecule has 2 aliphatic heterocycles. The standard InChI is InChI=1S/C16H24N2S/c1-5-15(14-7-11-19-16(14)6-1)18-10-3-9-17-8-2-4-13(17)12-18/h7,11,13,15H,1-6,8-10,12H2. The van der Waals surface area contributed by atoms with Crippen LogP contribution >= 0.6 is 11.3 Å². The van der Waals surface area contributed by atoms with Crippen LogP contribution in [0.25, 0.3) is 0 Å². The van der Waals surface area contributed by atoms with Gasteiger partial charge in [-0.05, 0) is 68.6 Å². The Hall–Kier alpha value is -0.380. The van der Waals surface area contributed by atoms with Crippen molar-refractivity contribution in [1.29, 1.82) is 0 Å². The van der Waals surface area contributed by atoms with E-state index in [1.807, 2.05) is 11.3 Å². The smallest absolute Gasteiger partial charge is 0.0359 e. The van der Waals surface area contributed by atoms with Crippen molar-refractivity contribution >= 4 is 11.3 Å². The molecule has 3 heterocycles. The molecule has 2 nitrogen and oxygen atoms in total. The van der Waals surface area contributed by atoms with E-state index in [0.717, 1.165) is 12.1 Å². The molecule has 2 fully saturated rings. The van der Waals surface area contributed by atoms with Gasteiger partial charge in [0, 0.05) is 30.1 Å². The van der Waals surface area contributed by atoms with Crippen LogP contribution in [-0.2, 0) is 6.42 Å². The second-order valence-corrected chi connectivity index (χ2v) is 7.39. The van der Waals surface area contributed by atoms with Gasteiger partial charge in [0.1, 0.15) is 0 Å². The first-order chi connectivity index (χ1) is 9.42. The first kappa shape index (κ1) is 12.4. The number of thiophene rings is 1. The Morgan fingerprint density at radius 1 is 1.00 bits per heavy atom. The molecule has 2 atom stereocenters. The van der Waals surface area contributed by atoms with Crippen LogP contribution < -0.4 is 0 Å². The van der Waals surface area contributed by atoms with Crippen LogP contribution in [0, 0.1) is 0 Å². The van der Waals surface area contributed by atoms with Crippen molar-refractivity contribution in [3.8, 4) is 0 Å². The fourth-order valence-electron chi connectivity index (χ4n) is 4.36. The monoisotopic (exact) mass is 276 g/mol. The van der Waals surface area contributed by atoms with Gasteiger partial charge in [-0.15, -0.1) is 11.3 Å². The largest absolute Gasteiger partial charge is 0.299 e. The Morgan fingerprint density at radius 2 is 1.89 bits per heavy atom. The number of aryl methyl sites for hydroxylation is 1. The quantitative estimate of drug-likeness (QED) is 0.776. The van der Waals surface area contributed by atoms with Crippen molar-refractivity contribution in [2.75, 3.05) is 26.2 Å². The fraction of sp³-hybridized carbons (Fsp3) is 0.750. The first-order valence-electron chi connectivity index (χ1n) is 7.96. The minimum atomic E-state index is 0.732. The summed E-state index contributed by atoms with van der Waals surface area (Å²) in [6, 6.07) is 3.99. The van der Waals surface area contributed by atoms with E-state index in [4.69, 9.17) is 0 Å². The Labute approximate surface area is 120 Å². The molecule has 2 unspecified atom stereocenters. The van der Waals surface area contributed by atoms with E-state index in [1.165, 1.54) is 64.7 Å². The van der Waals surface area contributed by atoms with Crippen molar-refractivity contribution in [3.05, 3.63) is 21.9 Å². The second-order valence-electron chi connectivity index (χ2n) is 6.39. The summed E-state index contributed by atoms with van der Waals surface area (Å²) in [7, 11) is 0. The van der Waals surface area contributed by atoms with E-state index in [-0.39, 0.29) is 0 Å². The van der Waals surface area contributed by atoms with Gasteiger partial charge in [0.05, 0.1) is 0 Å². The fourth-order valence-corrected chi connectivity index (χ4v) is 5.34. The van der Waals surface area contributed by atoms with Gasteiger partial charge < -0.3 is 0 Å². The van der Waals surface area contributed by atoms with Gasteiger partial charge >= 0.3 is 0 Å². The van der Waals surface area contributed by atoms with Gasteiger partial charge in [-0.1, -0.05) is 0 Å². The highest BCUT2D eigenvalue weighted by Crippen LogP contribution is 2.38. The molecule has 0 bridgehead atoms. The molecule has 0 radical (unpaired) electrons. The number of fused-ring (bicyclic) bond motifs is 2. The second kappa shape index (κ2) is 5.19. The van der Waals surface area contributed by atoms with Crippen LogP contribution in [0.3, 0.4) is 0 Å². The van der Waals surface area contributed by atoms with Crippen molar-refractivity contribution < 1.29 is 0 Å². The molecular formula is C16H24N2S. The van der Waals surface area contributed by atoms with E-state index in [1.54, 1.807) is 10.4 Å². The van der Waals surface area contributed by atoms with Gasteiger partial charge in [-0.25, -0.2) is 0 Å². The first-order valence-corrected chi connectivity index (χ1v) is 8.84. The molecule has 3 heteroatoms. The van der Waals surface area contributed by atoms with Gasteiger partial charge in [0.2, 0.25) is 0 Å². The maximum Gasteiger partial charge on any atom is 0.0359 e. The van der Waals surface area contributed by atoms with Crippen LogP contribution in [0.4, 0.5) is 0 Å². The molecule has 19 heavy (non-hydrogen) atoms. The topological polar surface area (TPSA) is 6.48 Å². The molecular weight excluding hydrogens is 252 g/mol. The van der Waals surface area contributed by atoms with Crippen LogP contribution in [-0.4, -0.2) is 42.0 Å². The van der Waals surface area contributed by atoms with Crippen LogP contribution in [0.1, 0.15) is 48.6 Å². The molecule has 3 aliphatic rings. The van der Waals surface area contributed by atoms with Gasteiger partial charge in [-0.2, -0.15) is 0 Å². The maximum absolute atomic E-state index is 2.82. The lowest BCUT2D eigenvalue weighted by molar-refractivity contribution is 0.159. The molecule has 0 aromatic carbocycles. The minimum Gasteiger partial charge on any atom is -0.299 e. The van der Waals surface area contributed by atoms with Crippen LogP contribution in [0.5, 0.6) is 0 Å². The summed E-state index contributed by atoms with van der Waals surface area (Å²) in [4.78, 5) is 7.24. The van der Waals surface area contributed by atoms with E-state index in [0.29, 0.717) is 0 Å². The summed E-state index contributed by atoms with van der Waals surface area (Å²) in [6.07, 6.45) is 8.32. The molecule has 1 aromatic heterocycles. The number of nitrogens with zero attached hydrogens (tertiary/aromatic N) is 2. The molecule has 2 saturated heterocycles. The summed E-state index contributed by atoms with van der Waals surface area (Å²) in [5.74, 6) is 0. The molecule has 0 spiro atoms. The molecule has 0 N–H and O–H groups in total. The lowest BCUT2D eigenvalue weighted by Gasteiger charge is -2.35. The van der Waals surface area contributed by atoms with Crippen molar-refractivity contribution in [2.24, 2.45) is 0 Å². The van der Waals surface area contributed by atoms with Gasteiger partial charge in [0.15, 0.2) is 0 Å². The molecule has 1 aromatic rings. The normalized spacial score (nSPS) is 32.8. The van der Waals surface area contributed by atoms with E-state index >= 15 is 0 Å². The average Bonchev–Trinajstić information content (AvgIpc) is 3.03. The van der Waals surface area contributed by atoms with E-state index in [9.17, 15) is 0 Å². The summed E-state index contributed by atoms with van der Waals surface area (Å²) >= 11 is 1.98. The van der Waals surface area contributed by atoms with E-state index in [2.05, 4.69) is 21.2 Å². The SMILES string of the molecule is c1cc2c(s1)CCCC2N1CCCN2CCCC2C1. The predicted octanol–water partition coefficient (Wildman–Crippen LogP) is 3.30. The van der Waals surface area contributed by atoms with Crippen molar-refractivity contribution in [1.82, 2.24) is 9.80 Å². The molecule has 4 rings (SSSR count). The maximum atomic E-state index is 2.82. The van der Waals surface area contributed by atoms with Gasteiger partial charge in [0.25, 0.3) is 0 Å². The Balaban J connectivity index is 1.56. The number of hydrogen-bond donors (Lipinski definition) is 0. The summed E-state index contributed by atoms with van der Waals surface area (Å²) < 4.78 is 0. The summed E-state index contributed by atoms with van der Waals surface area (Å²) in [5.41, 5.74) is 1.67. The Kier molecular flexibility index (Phi) is 3.38. The average molecular weight is 276 g/mol. The number of rotatable bonds is 1. The van der Waals surface area contributed by atoms with Crippen molar-refractivity contribution in [2.45, 2.75) is 50.6 Å². The van der Waals surface area contributed by atoms with Gasteiger partial charge in [-0.3, -0.25) is 9.80 Å². The lowest BCUT2D eigenvalue weighted by atomic mass is 9.92. The zero-order valence-corrected chi connectivity index (χ0v) is 12.5. The highest BCUT2D eigenvalue weighted by atomic mass is 32.1. The molecule has 1 aliphatic carbocycles. The van der Waals surface area contributed by atoms with E-state index < -0.39 is 0 Å². The minimum absolute atomic E-state index is 0.732. The van der Waals surface area contributed by atoms with Crippen LogP contribution in [0.2, 0.25) is 0 Å². The molecule has 104 valence electrons. The highest BCUT2D eigenvalue weighted by molar-refractivity contribution is 7.10. The zero-order chi connectivity index (χ0) is 12.7. The van der Waals surface area contributed by atoms with Crippen molar-refractivity contribution in [3.63, 3.8) is 0 Å². The third kappa shape index (κ3) is 2.26. The summed E-state index contributed by atoms with van der Waals surface area (Å²) in [5, 5.41) is 2.31.